The van der Waals surface area contributed by atoms with Crippen LogP contribution >= 0.6 is 0 Å². The summed E-state index contributed by atoms with van der Waals surface area (Å²) in [5, 5.41) is 1.23. The highest BCUT2D eigenvalue weighted by Crippen LogP contribution is 2.19. The SMILES string of the molecule is c1ccc2c(CCC3OCCO3)ccnc2c1. The number of aryl methyl sites for hydroxylation is 1. The second-order valence-corrected chi connectivity index (χ2v) is 4.20. The second kappa shape index (κ2) is 4.82. The van der Waals surface area contributed by atoms with Gasteiger partial charge in [-0.2, -0.15) is 0 Å². The van der Waals surface area contributed by atoms with E-state index >= 15 is 0 Å². The number of aromatic nitrogens is 1. The Morgan fingerprint density at radius 1 is 1.12 bits per heavy atom. The highest BCUT2D eigenvalue weighted by atomic mass is 16.7. The van der Waals surface area contributed by atoms with Crippen LogP contribution in [0.4, 0.5) is 0 Å². The van der Waals surface area contributed by atoms with Crippen molar-refractivity contribution in [2.24, 2.45) is 0 Å². The van der Waals surface area contributed by atoms with E-state index in [0.717, 1.165) is 31.6 Å². The summed E-state index contributed by atoms with van der Waals surface area (Å²) < 4.78 is 10.9. The van der Waals surface area contributed by atoms with Crippen LogP contribution in [0.1, 0.15) is 12.0 Å². The Balaban J connectivity index is 1.79. The summed E-state index contributed by atoms with van der Waals surface area (Å²) in [5.74, 6) is 0. The van der Waals surface area contributed by atoms with E-state index in [1.54, 1.807) is 0 Å². The Morgan fingerprint density at radius 3 is 2.82 bits per heavy atom. The molecule has 1 aliphatic rings. The highest BCUT2D eigenvalue weighted by Gasteiger charge is 2.15. The lowest BCUT2D eigenvalue weighted by molar-refractivity contribution is -0.0461. The molecular formula is C14H15NO2. The van der Waals surface area contributed by atoms with Gasteiger partial charge in [0, 0.05) is 18.0 Å². The molecule has 3 rings (SSSR count). The van der Waals surface area contributed by atoms with Crippen LogP contribution in [0.15, 0.2) is 36.5 Å². The first-order chi connectivity index (χ1) is 8.43. The molecular weight excluding hydrogens is 214 g/mol. The van der Waals surface area contributed by atoms with Crippen molar-refractivity contribution >= 4 is 10.9 Å². The normalized spacial score (nSPS) is 16.7. The second-order valence-electron chi connectivity index (χ2n) is 4.20. The molecule has 2 aromatic rings. The molecule has 0 amide bonds. The van der Waals surface area contributed by atoms with E-state index in [-0.39, 0.29) is 6.29 Å². The fourth-order valence-electron chi connectivity index (χ4n) is 2.22. The number of rotatable bonds is 3. The zero-order valence-electron chi connectivity index (χ0n) is 9.63. The van der Waals surface area contributed by atoms with Crippen molar-refractivity contribution in [3.05, 3.63) is 42.1 Å². The number of hydrogen-bond acceptors (Lipinski definition) is 3. The van der Waals surface area contributed by atoms with Crippen molar-refractivity contribution in [2.45, 2.75) is 19.1 Å². The standard InChI is InChI=1S/C14H15NO2/c1-2-4-13-12(3-1)11(7-8-15-13)5-6-14-16-9-10-17-14/h1-4,7-8,14H,5-6,9-10H2. The number of benzene rings is 1. The van der Waals surface area contributed by atoms with Crippen LogP contribution in [0.2, 0.25) is 0 Å². The molecule has 0 atom stereocenters. The zero-order valence-corrected chi connectivity index (χ0v) is 9.63. The van der Waals surface area contributed by atoms with Gasteiger partial charge in [0.25, 0.3) is 0 Å². The number of ether oxygens (including phenoxy) is 2. The summed E-state index contributed by atoms with van der Waals surface area (Å²) in [6, 6.07) is 10.3. The summed E-state index contributed by atoms with van der Waals surface area (Å²) in [4.78, 5) is 4.36. The fraction of sp³-hybridized carbons (Fsp3) is 0.357. The largest absolute Gasteiger partial charge is 0.350 e. The Labute approximate surface area is 100 Å². The van der Waals surface area contributed by atoms with E-state index in [9.17, 15) is 0 Å². The predicted octanol–water partition coefficient (Wildman–Crippen LogP) is 2.54. The number of pyridine rings is 1. The molecule has 1 aromatic heterocycles. The Morgan fingerprint density at radius 2 is 1.94 bits per heavy atom. The van der Waals surface area contributed by atoms with Gasteiger partial charge in [0.2, 0.25) is 0 Å². The third-order valence-electron chi connectivity index (χ3n) is 3.08. The Kier molecular flexibility index (Phi) is 3.03. The van der Waals surface area contributed by atoms with E-state index in [2.05, 4.69) is 23.2 Å². The number of para-hydroxylation sites is 1. The smallest absolute Gasteiger partial charge is 0.158 e. The molecule has 0 saturated carbocycles. The average Bonchev–Trinajstić information content (AvgIpc) is 2.89. The van der Waals surface area contributed by atoms with Crippen LogP contribution in [-0.2, 0) is 15.9 Å². The summed E-state index contributed by atoms with van der Waals surface area (Å²) >= 11 is 0. The van der Waals surface area contributed by atoms with E-state index < -0.39 is 0 Å². The average molecular weight is 229 g/mol. The first-order valence-corrected chi connectivity index (χ1v) is 5.99. The van der Waals surface area contributed by atoms with Gasteiger partial charge < -0.3 is 9.47 Å². The maximum Gasteiger partial charge on any atom is 0.158 e. The molecule has 1 aliphatic heterocycles. The molecule has 2 heterocycles. The van der Waals surface area contributed by atoms with Crippen molar-refractivity contribution < 1.29 is 9.47 Å². The number of hydrogen-bond donors (Lipinski definition) is 0. The Hall–Kier alpha value is -1.45. The number of fused-ring (bicyclic) bond motifs is 1. The minimum Gasteiger partial charge on any atom is -0.350 e. The molecule has 3 heteroatoms. The van der Waals surface area contributed by atoms with Crippen LogP contribution < -0.4 is 0 Å². The molecule has 1 fully saturated rings. The van der Waals surface area contributed by atoms with Crippen LogP contribution in [0.25, 0.3) is 10.9 Å². The summed E-state index contributed by atoms with van der Waals surface area (Å²) in [5.41, 5.74) is 2.37. The maximum atomic E-state index is 5.45. The quantitative estimate of drug-likeness (QED) is 0.810. The van der Waals surface area contributed by atoms with Gasteiger partial charge in [-0.1, -0.05) is 18.2 Å². The molecule has 0 unspecified atom stereocenters. The molecule has 88 valence electrons. The molecule has 0 aliphatic carbocycles. The van der Waals surface area contributed by atoms with Crippen molar-refractivity contribution in [3.8, 4) is 0 Å². The third kappa shape index (κ3) is 2.30. The third-order valence-corrected chi connectivity index (χ3v) is 3.08. The van der Waals surface area contributed by atoms with Gasteiger partial charge in [0.1, 0.15) is 0 Å². The van der Waals surface area contributed by atoms with Gasteiger partial charge in [-0.25, -0.2) is 0 Å². The molecule has 0 N–H and O–H groups in total. The molecule has 17 heavy (non-hydrogen) atoms. The molecule has 0 spiro atoms. The molecule has 3 nitrogen and oxygen atoms in total. The van der Waals surface area contributed by atoms with Gasteiger partial charge in [-0.05, 0) is 24.1 Å². The minimum absolute atomic E-state index is 0.0260. The Bertz CT molecular complexity index is 501. The van der Waals surface area contributed by atoms with E-state index in [1.807, 2.05) is 18.3 Å². The van der Waals surface area contributed by atoms with Crippen LogP contribution in [0.3, 0.4) is 0 Å². The lowest BCUT2D eigenvalue weighted by Crippen LogP contribution is -2.08. The number of nitrogens with zero attached hydrogens (tertiary/aromatic N) is 1. The minimum atomic E-state index is -0.0260. The van der Waals surface area contributed by atoms with Crippen molar-refractivity contribution in [2.75, 3.05) is 13.2 Å². The van der Waals surface area contributed by atoms with Gasteiger partial charge >= 0.3 is 0 Å². The van der Waals surface area contributed by atoms with E-state index in [1.165, 1.54) is 10.9 Å². The van der Waals surface area contributed by atoms with Crippen LogP contribution in [0, 0.1) is 0 Å². The molecule has 0 radical (unpaired) electrons. The lowest BCUT2D eigenvalue weighted by Gasteiger charge is -2.10. The zero-order chi connectivity index (χ0) is 11.5. The maximum absolute atomic E-state index is 5.45. The van der Waals surface area contributed by atoms with Gasteiger partial charge in [0.15, 0.2) is 6.29 Å². The monoisotopic (exact) mass is 229 g/mol. The highest BCUT2D eigenvalue weighted by molar-refractivity contribution is 5.81. The predicted molar refractivity (Wildman–Crippen MR) is 65.8 cm³/mol. The van der Waals surface area contributed by atoms with Gasteiger partial charge in [0.05, 0.1) is 18.7 Å². The van der Waals surface area contributed by atoms with E-state index in [4.69, 9.17) is 9.47 Å². The van der Waals surface area contributed by atoms with Crippen molar-refractivity contribution in [3.63, 3.8) is 0 Å². The van der Waals surface area contributed by atoms with Crippen LogP contribution in [-0.4, -0.2) is 24.5 Å². The molecule has 1 aromatic carbocycles. The van der Waals surface area contributed by atoms with Crippen LogP contribution in [0.5, 0.6) is 0 Å². The van der Waals surface area contributed by atoms with Gasteiger partial charge in [-0.15, -0.1) is 0 Å². The topological polar surface area (TPSA) is 31.4 Å². The first-order valence-electron chi connectivity index (χ1n) is 5.99. The summed E-state index contributed by atoms with van der Waals surface area (Å²) in [6.45, 7) is 1.45. The van der Waals surface area contributed by atoms with E-state index in [0.29, 0.717) is 0 Å². The first kappa shape index (κ1) is 10.7. The van der Waals surface area contributed by atoms with Gasteiger partial charge in [-0.3, -0.25) is 4.98 Å². The molecule has 1 saturated heterocycles. The summed E-state index contributed by atoms with van der Waals surface area (Å²) in [7, 11) is 0. The lowest BCUT2D eigenvalue weighted by atomic mass is 10.0. The fourth-order valence-corrected chi connectivity index (χ4v) is 2.22. The van der Waals surface area contributed by atoms with Crippen molar-refractivity contribution in [1.82, 2.24) is 4.98 Å². The summed E-state index contributed by atoms with van der Waals surface area (Å²) in [6.07, 6.45) is 3.72. The molecule has 0 bridgehead atoms. The van der Waals surface area contributed by atoms with Crippen molar-refractivity contribution in [1.29, 1.82) is 0 Å².